The fourth-order valence-electron chi connectivity index (χ4n) is 2.69. The predicted molar refractivity (Wildman–Crippen MR) is 91.1 cm³/mol. The molecule has 1 amide bonds. The number of carbonyl (C=O) groups excluding carboxylic acids is 1. The summed E-state index contributed by atoms with van der Waals surface area (Å²) in [5, 5.41) is 0. The zero-order chi connectivity index (χ0) is 15.8. The summed E-state index contributed by atoms with van der Waals surface area (Å²) < 4.78 is 18.7. The van der Waals surface area contributed by atoms with Crippen LogP contribution in [0.15, 0.2) is 24.3 Å². The molecule has 1 heterocycles. The molecule has 130 valence electrons. The van der Waals surface area contributed by atoms with Gasteiger partial charge in [0.15, 0.2) is 0 Å². The van der Waals surface area contributed by atoms with E-state index in [1.54, 1.807) is 12.1 Å². The molecule has 2 N–H and O–H groups in total. The molecule has 1 saturated heterocycles. The highest BCUT2D eigenvalue weighted by molar-refractivity contribution is 5.85. The summed E-state index contributed by atoms with van der Waals surface area (Å²) in [6, 6.07) is 6.30. The number of nitrogens with zero attached hydrogens (tertiary/aromatic N) is 1. The molecule has 1 aromatic rings. The van der Waals surface area contributed by atoms with E-state index in [1.165, 1.54) is 12.1 Å². The van der Waals surface area contributed by atoms with Gasteiger partial charge in [0.1, 0.15) is 11.9 Å². The quantitative estimate of drug-likeness (QED) is 0.773. The van der Waals surface area contributed by atoms with E-state index in [0.29, 0.717) is 26.1 Å². The molecule has 0 aromatic heterocycles. The van der Waals surface area contributed by atoms with Crippen molar-refractivity contribution in [3.8, 4) is 0 Å². The number of morpholine rings is 1. The maximum atomic E-state index is 13.0. The number of amides is 1. The highest BCUT2D eigenvalue weighted by Crippen LogP contribution is 2.23. The molecule has 0 spiro atoms. The third kappa shape index (κ3) is 6.45. The SMILES string of the molecule is Cl.NCCCCCCC(=O)N1CCOC(c2ccc(F)cc2)C1. The number of unbranched alkanes of at least 4 members (excludes halogenated alkanes) is 3. The van der Waals surface area contributed by atoms with Crippen LogP contribution in [0.5, 0.6) is 0 Å². The maximum Gasteiger partial charge on any atom is 0.222 e. The molecule has 1 unspecified atom stereocenters. The van der Waals surface area contributed by atoms with Gasteiger partial charge in [-0.05, 0) is 37.1 Å². The summed E-state index contributed by atoms with van der Waals surface area (Å²) in [5.74, 6) is -0.0758. The minimum absolute atomic E-state index is 0. The van der Waals surface area contributed by atoms with Crippen LogP contribution >= 0.6 is 12.4 Å². The second-order valence-corrected chi connectivity index (χ2v) is 5.70. The average Bonchev–Trinajstić information content (AvgIpc) is 2.55. The van der Waals surface area contributed by atoms with Crippen LogP contribution in [0.25, 0.3) is 0 Å². The lowest BCUT2D eigenvalue weighted by molar-refractivity contribution is -0.139. The first kappa shape index (κ1) is 19.9. The lowest BCUT2D eigenvalue weighted by atomic mass is 10.1. The number of hydrogen-bond acceptors (Lipinski definition) is 3. The van der Waals surface area contributed by atoms with Crippen LogP contribution in [-0.2, 0) is 9.53 Å². The zero-order valence-corrected chi connectivity index (χ0v) is 14.2. The van der Waals surface area contributed by atoms with E-state index in [4.69, 9.17) is 10.5 Å². The van der Waals surface area contributed by atoms with Gasteiger partial charge in [-0.2, -0.15) is 0 Å². The Morgan fingerprint density at radius 2 is 1.91 bits per heavy atom. The molecule has 0 radical (unpaired) electrons. The minimum atomic E-state index is -0.259. The van der Waals surface area contributed by atoms with E-state index in [1.807, 2.05) is 4.90 Å². The number of ether oxygens (including phenoxy) is 1. The van der Waals surface area contributed by atoms with Crippen LogP contribution in [0.4, 0.5) is 4.39 Å². The van der Waals surface area contributed by atoms with Crippen molar-refractivity contribution < 1.29 is 13.9 Å². The van der Waals surface area contributed by atoms with Crippen LogP contribution in [0.2, 0.25) is 0 Å². The lowest BCUT2D eigenvalue weighted by Gasteiger charge is -2.33. The largest absolute Gasteiger partial charge is 0.370 e. The van der Waals surface area contributed by atoms with Gasteiger partial charge >= 0.3 is 0 Å². The van der Waals surface area contributed by atoms with Crippen LogP contribution in [-0.4, -0.2) is 37.0 Å². The fourth-order valence-corrected chi connectivity index (χ4v) is 2.69. The number of benzene rings is 1. The number of rotatable bonds is 7. The number of halogens is 2. The summed E-state index contributed by atoms with van der Waals surface area (Å²) in [4.78, 5) is 14.1. The van der Waals surface area contributed by atoms with E-state index in [9.17, 15) is 9.18 Å². The number of nitrogens with two attached hydrogens (primary N) is 1. The summed E-state index contributed by atoms with van der Waals surface area (Å²) in [6.07, 6.45) is 4.51. The van der Waals surface area contributed by atoms with Gasteiger partial charge in [0, 0.05) is 13.0 Å². The van der Waals surface area contributed by atoms with Gasteiger partial charge in [-0.15, -0.1) is 12.4 Å². The summed E-state index contributed by atoms with van der Waals surface area (Å²) in [5.41, 5.74) is 6.37. The van der Waals surface area contributed by atoms with Crippen molar-refractivity contribution in [3.63, 3.8) is 0 Å². The normalized spacial score (nSPS) is 17.7. The van der Waals surface area contributed by atoms with Crippen molar-refractivity contribution in [2.75, 3.05) is 26.2 Å². The topological polar surface area (TPSA) is 55.6 Å². The predicted octanol–water partition coefficient (Wildman–Crippen LogP) is 3.06. The van der Waals surface area contributed by atoms with Crippen LogP contribution in [0, 0.1) is 5.82 Å². The first-order valence-corrected chi connectivity index (χ1v) is 8.05. The van der Waals surface area contributed by atoms with Gasteiger partial charge in [-0.25, -0.2) is 4.39 Å². The van der Waals surface area contributed by atoms with E-state index in [-0.39, 0.29) is 30.2 Å². The first-order chi connectivity index (χ1) is 10.7. The summed E-state index contributed by atoms with van der Waals surface area (Å²) in [6.45, 7) is 2.43. The molecule has 23 heavy (non-hydrogen) atoms. The monoisotopic (exact) mass is 344 g/mol. The van der Waals surface area contributed by atoms with Crippen molar-refractivity contribution >= 4 is 18.3 Å². The van der Waals surface area contributed by atoms with Gasteiger partial charge in [0.2, 0.25) is 5.91 Å². The Hall–Kier alpha value is -1.17. The Balaban J connectivity index is 0.00000264. The average molecular weight is 345 g/mol. The van der Waals surface area contributed by atoms with Crippen molar-refractivity contribution in [2.45, 2.75) is 38.2 Å². The smallest absolute Gasteiger partial charge is 0.222 e. The van der Waals surface area contributed by atoms with Crippen molar-refractivity contribution in [2.24, 2.45) is 5.73 Å². The van der Waals surface area contributed by atoms with Gasteiger partial charge in [-0.3, -0.25) is 4.79 Å². The van der Waals surface area contributed by atoms with E-state index < -0.39 is 0 Å². The second kappa shape index (κ2) is 10.6. The molecular formula is C17H26ClFN2O2. The standard InChI is InChI=1S/C17H25FN2O2.ClH/c18-15-8-6-14(7-9-15)16-13-20(11-12-22-16)17(21)5-3-1-2-4-10-19;/h6-9,16H,1-5,10-13,19H2;1H. The third-order valence-electron chi connectivity index (χ3n) is 4.01. The summed E-state index contributed by atoms with van der Waals surface area (Å²) >= 11 is 0. The Labute approximate surface area is 143 Å². The van der Waals surface area contributed by atoms with E-state index >= 15 is 0 Å². The lowest BCUT2D eigenvalue weighted by Crippen LogP contribution is -2.42. The molecule has 1 aromatic carbocycles. The minimum Gasteiger partial charge on any atom is -0.370 e. The molecule has 1 aliphatic rings. The molecule has 0 saturated carbocycles. The van der Waals surface area contributed by atoms with Crippen molar-refractivity contribution in [3.05, 3.63) is 35.6 Å². The third-order valence-corrected chi connectivity index (χ3v) is 4.01. The Morgan fingerprint density at radius 3 is 2.61 bits per heavy atom. The summed E-state index contributed by atoms with van der Waals surface area (Å²) in [7, 11) is 0. The number of carbonyl (C=O) groups is 1. The molecule has 0 aliphatic carbocycles. The van der Waals surface area contributed by atoms with Gasteiger partial charge in [0.05, 0.1) is 13.2 Å². The molecule has 1 aliphatic heterocycles. The molecule has 2 rings (SSSR count). The highest BCUT2D eigenvalue weighted by atomic mass is 35.5. The van der Waals surface area contributed by atoms with Crippen LogP contribution in [0.1, 0.15) is 43.8 Å². The Morgan fingerprint density at radius 1 is 1.22 bits per heavy atom. The van der Waals surface area contributed by atoms with Crippen molar-refractivity contribution in [1.29, 1.82) is 0 Å². The van der Waals surface area contributed by atoms with E-state index in [0.717, 1.165) is 37.8 Å². The number of hydrogen-bond donors (Lipinski definition) is 1. The molecule has 1 atom stereocenters. The van der Waals surface area contributed by atoms with Gasteiger partial charge in [-0.1, -0.05) is 25.0 Å². The van der Waals surface area contributed by atoms with Gasteiger partial charge < -0.3 is 15.4 Å². The highest BCUT2D eigenvalue weighted by Gasteiger charge is 2.24. The fraction of sp³-hybridized carbons (Fsp3) is 0.588. The molecule has 1 fully saturated rings. The molecule has 6 heteroatoms. The van der Waals surface area contributed by atoms with Gasteiger partial charge in [0.25, 0.3) is 0 Å². The van der Waals surface area contributed by atoms with Crippen molar-refractivity contribution in [1.82, 2.24) is 4.90 Å². The first-order valence-electron chi connectivity index (χ1n) is 8.05. The molecule has 4 nitrogen and oxygen atoms in total. The Bertz CT molecular complexity index is 470. The zero-order valence-electron chi connectivity index (χ0n) is 13.4. The van der Waals surface area contributed by atoms with Crippen LogP contribution in [0.3, 0.4) is 0 Å². The van der Waals surface area contributed by atoms with Crippen LogP contribution < -0.4 is 5.73 Å². The Kier molecular flexibility index (Phi) is 9.14. The van der Waals surface area contributed by atoms with E-state index in [2.05, 4.69) is 0 Å². The molecule has 0 bridgehead atoms. The molecular weight excluding hydrogens is 319 g/mol. The second-order valence-electron chi connectivity index (χ2n) is 5.70. The maximum absolute atomic E-state index is 13.0.